The highest BCUT2D eigenvalue weighted by Gasteiger charge is 2.20. The van der Waals surface area contributed by atoms with Crippen molar-refractivity contribution < 1.29 is 17.6 Å². The van der Waals surface area contributed by atoms with Crippen LogP contribution in [-0.4, -0.2) is 29.5 Å². The highest BCUT2D eigenvalue weighted by atomic mass is 32.2. The second kappa shape index (κ2) is 8.36. The van der Waals surface area contributed by atoms with E-state index in [4.69, 9.17) is 4.42 Å². The Morgan fingerprint density at radius 2 is 1.68 bits per heavy atom. The molecule has 4 rings (SSSR count). The Morgan fingerprint density at radius 3 is 2.42 bits per heavy atom. The average molecular weight is 435 g/mol. The lowest BCUT2D eigenvalue weighted by molar-refractivity contribution is 0.102. The summed E-state index contributed by atoms with van der Waals surface area (Å²) >= 11 is 0. The summed E-state index contributed by atoms with van der Waals surface area (Å²) in [7, 11) is -3.88. The van der Waals surface area contributed by atoms with Crippen LogP contribution in [0.4, 0.5) is 11.7 Å². The summed E-state index contributed by atoms with van der Waals surface area (Å²) in [5.41, 5.74) is 1.60. The maximum Gasteiger partial charge on any atom is 0.322 e. The first kappa shape index (κ1) is 20.2. The summed E-state index contributed by atoms with van der Waals surface area (Å²) in [5.74, 6) is -0.470. The van der Waals surface area contributed by atoms with Crippen LogP contribution in [0.5, 0.6) is 0 Å². The van der Waals surface area contributed by atoms with Crippen molar-refractivity contribution in [3.63, 3.8) is 0 Å². The number of carbonyl (C=O) groups is 1. The number of amides is 1. The second-order valence-electron chi connectivity index (χ2n) is 6.55. The van der Waals surface area contributed by atoms with Crippen LogP contribution in [-0.2, 0) is 10.0 Å². The third-order valence-electron chi connectivity index (χ3n) is 4.28. The number of sulfonamides is 1. The predicted molar refractivity (Wildman–Crippen MR) is 114 cm³/mol. The minimum absolute atomic E-state index is 0.0882. The van der Waals surface area contributed by atoms with Crippen LogP contribution in [0.15, 0.2) is 82.2 Å². The van der Waals surface area contributed by atoms with Crippen molar-refractivity contribution >= 4 is 27.6 Å². The molecule has 0 unspecified atom stereocenters. The molecule has 2 N–H and O–H groups in total. The van der Waals surface area contributed by atoms with Crippen molar-refractivity contribution in [2.24, 2.45) is 0 Å². The van der Waals surface area contributed by atoms with E-state index in [1.807, 2.05) is 6.92 Å². The Balaban J connectivity index is 1.55. The van der Waals surface area contributed by atoms with E-state index in [2.05, 4.69) is 25.2 Å². The minimum Gasteiger partial charge on any atom is -0.401 e. The van der Waals surface area contributed by atoms with Crippen molar-refractivity contribution in [2.75, 3.05) is 10.0 Å². The van der Waals surface area contributed by atoms with Gasteiger partial charge in [-0.25, -0.2) is 8.42 Å². The second-order valence-corrected chi connectivity index (χ2v) is 8.23. The van der Waals surface area contributed by atoms with Crippen molar-refractivity contribution in [3.8, 4) is 11.6 Å². The molecule has 0 aliphatic carbocycles. The number of nitrogens with one attached hydrogen (secondary N) is 2. The molecule has 10 heteroatoms. The molecule has 0 atom stereocenters. The van der Waals surface area contributed by atoms with Gasteiger partial charge in [0.1, 0.15) is 5.69 Å². The normalized spacial score (nSPS) is 11.1. The monoisotopic (exact) mass is 435 g/mol. The van der Waals surface area contributed by atoms with Crippen LogP contribution >= 0.6 is 0 Å². The Hall–Kier alpha value is -4.05. The van der Waals surface area contributed by atoms with Crippen LogP contribution in [0, 0.1) is 6.92 Å². The van der Waals surface area contributed by atoms with Gasteiger partial charge in [0.15, 0.2) is 0 Å². The predicted octanol–water partition coefficient (Wildman–Crippen LogP) is 3.49. The molecule has 0 radical (unpaired) electrons. The van der Waals surface area contributed by atoms with Crippen LogP contribution in [0.3, 0.4) is 0 Å². The van der Waals surface area contributed by atoms with Crippen LogP contribution < -0.4 is 10.0 Å². The number of nitrogens with zero attached hydrogens (tertiary/aromatic N) is 3. The zero-order valence-corrected chi connectivity index (χ0v) is 17.1. The third-order valence-corrected chi connectivity index (χ3v) is 5.66. The topological polar surface area (TPSA) is 127 Å². The van der Waals surface area contributed by atoms with E-state index >= 15 is 0 Å². The van der Waals surface area contributed by atoms with Crippen LogP contribution in [0.1, 0.15) is 15.9 Å². The third kappa shape index (κ3) is 4.59. The highest BCUT2D eigenvalue weighted by molar-refractivity contribution is 7.92. The van der Waals surface area contributed by atoms with E-state index in [0.29, 0.717) is 5.69 Å². The highest BCUT2D eigenvalue weighted by Crippen LogP contribution is 2.22. The molecule has 0 aliphatic heterocycles. The lowest BCUT2D eigenvalue weighted by Gasteiger charge is -2.12. The number of pyridine rings is 1. The van der Waals surface area contributed by atoms with Gasteiger partial charge in [0.25, 0.3) is 21.8 Å². The molecule has 0 spiro atoms. The van der Waals surface area contributed by atoms with Crippen molar-refractivity contribution in [1.82, 2.24) is 15.2 Å². The van der Waals surface area contributed by atoms with Gasteiger partial charge >= 0.3 is 6.01 Å². The number of rotatable bonds is 6. The first-order chi connectivity index (χ1) is 14.9. The quantitative estimate of drug-likeness (QED) is 0.474. The van der Waals surface area contributed by atoms with Gasteiger partial charge in [-0.2, -0.15) is 0 Å². The molecule has 0 saturated heterocycles. The van der Waals surface area contributed by atoms with Crippen molar-refractivity contribution in [2.45, 2.75) is 11.8 Å². The van der Waals surface area contributed by atoms with Gasteiger partial charge in [0, 0.05) is 6.20 Å². The zero-order chi connectivity index (χ0) is 21.8. The van der Waals surface area contributed by atoms with Crippen LogP contribution in [0.25, 0.3) is 11.6 Å². The summed E-state index contributed by atoms with van der Waals surface area (Å²) in [5, 5.41) is 10.1. The van der Waals surface area contributed by atoms with E-state index in [9.17, 15) is 13.2 Å². The molecule has 9 nitrogen and oxygen atoms in total. The molecule has 2 heterocycles. The van der Waals surface area contributed by atoms with Gasteiger partial charge in [-0.05, 0) is 43.3 Å². The molecular formula is C21H17N5O4S. The molecule has 0 aliphatic rings. The Bertz CT molecular complexity index is 1320. The Kier molecular flexibility index (Phi) is 5.46. The van der Waals surface area contributed by atoms with E-state index in [1.54, 1.807) is 48.7 Å². The summed E-state index contributed by atoms with van der Waals surface area (Å²) in [6.07, 6.45) is 1.58. The number of para-hydroxylation sites is 1. The summed E-state index contributed by atoms with van der Waals surface area (Å²) in [6.45, 7) is 1.86. The molecule has 31 heavy (non-hydrogen) atoms. The Labute approximate surface area is 178 Å². The number of hydrogen-bond donors (Lipinski definition) is 2. The van der Waals surface area contributed by atoms with Crippen LogP contribution in [0.2, 0.25) is 0 Å². The standard InChI is InChI=1S/C21H17N5O4S/c1-14-9-11-15(12-10-14)31(28,29)26-17-7-3-2-6-16(17)19(27)23-21-25-24-20(30-21)18-8-4-5-13-22-18/h2-13,26H,1H3,(H,23,25,27). The average Bonchev–Trinajstić information content (AvgIpc) is 3.23. The molecule has 0 fully saturated rings. The smallest absolute Gasteiger partial charge is 0.322 e. The molecule has 2 aromatic carbocycles. The van der Waals surface area contributed by atoms with Crippen molar-refractivity contribution in [1.29, 1.82) is 0 Å². The van der Waals surface area contributed by atoms with Gasteiger partial charge < -0.3 is 4.42 Å². The van der Waals surface area contributed by atoms with E-state index in [0.717, 1.165) is 5.56 Å². The zero-order valence-electron chi connectivity index (χ0n) is 16.3. The van der Waals surface area contributed by atoms with Gasteiger partial charge in [0.2, 0.25) is 0 Å². The largest absolute Gasteiger partial charge is 0.401 e. The van der Waals surface area contributed by atoms with E-state index in [1.165, 1.54) is 24.3 Å². The van der Waals surface area contributed by atoms with Gasteiger partial charge in [-0.15, -0.1) is 5.10 Å². The first-order valence-corrected chi connectivity index (χ1v) is 10.7. The van der Waals surface area contributed by atoms with E-state index < -0.39 is 15.9 Å². The lowest BCUT2D eigenvalue weighted by Crippen LogP contribution is -2.18. The van der Waals surface area contributed by atoms with Gasteiger partial charge in [-0.1, -0.05) is 41.0 Å². The lowest BCUT2D eigenvalue weighted by atomic mass is 10.2. The molecule has 0 saturated carbocycles. The summed E-state index contributed by atoms with van der Waals surface area (Å²) in [4.78, 5) is 16.9. The molecule has 4 aromatic rings. The maximum atomic E-state index is 12.8. The van der Waals surface area contributed by atoms with Gasteiger partial charge in [0.05, 0.1) is 16.1 Å². The number of benzene rings is 2. The van der Waals surface area contributed by atoms with E-state index in [-0.39, 0.29) is 28.1 Å². The number of carbonyl (C=O) groups excluding carboxylic acids is 1. The summed E-state index contributed by atoms with van der Waals surface area (Å²) < 4.78 is 33.3. The minimum atomic E-state index is -3.88. The fourth-order valence-corrected chi connectivity index (χ4v) is 3.80. The first-order valence-electron chi connectivity index (χ1n) is 9.17. The van der Waals surface area contributed by atoms with Crippen molar-refractivity contribution in [3.05, 3.63) is 84.1 Å². The molecule has 0 bridgehead atoms. The fraction of sp³-hybridized carbons (Fsp3) is 0.0476. The molecule has 2 aromatic heterocycles. The fourth-order valence-electron chi connectivity index (χ4n) is 2.72. The van der Waals surface area contributed by atoms with Gasteiger partial charge in [-0.3, -0.25) is 19.8 Å². The SMILES string of the molecule is Cc1ccc(S(=O)(=O)Nc2ccccc2C(=O)Nc2nnc(-c3ccccn3)o2)cc1. The molecule has 1 amide bonds. The number of aromatic nitrogens is 3. The summed E-state index contributed by atoms with van der Waals surface area (Å²) in [6, 6.07) is 17.7. The number of anilines is 2. The molecule has 156 valence electrons. The Morgan fingerprint density at radius 1 is 0.935 bits per heavy atom. The molecular weight excluding hydrogens is 418 g/mol. The maximum absolute atomic E-state index is 12.8. The number of hydrogen-bond acceptors (Lipinski definition) is 7. The number of aryl methyl sites for hydroxylation is 1.